The van der Waals surface area contributed by atoms with Gasteiger partial charge in [-0.3, -0.25) is 9.36 Å². The third-order valence-corrected chi connectivity index (χ3v) is 7.03. The highest BCUT2D eigenvalue weighted by Crippen LogP contribution is 2.38. The number of aromatic amines is 2. The Balaban J connectivity index is 1.37. The molecule has 6 rings (SSSR count). The lowest BCUT2D eigenvalue weighted by Crippen LogP contribution is -2.14. The Morgan fingerprint density at radius 3 is 2.13 bits per heavy atom. The molecule has 0 saturated heterocycles. The van der Waals surface area contributed by atoms with Gasteiger partial charge in [-0.15, -0.1) is 0 Å². The smallest absolute Gasteiger partial charge is 0.323 e. The van der Waals surface area contributed by atoms with E-state index in [1.807, 2.05) is 78.9 Å². The van der Waals surface area contributed by atoms with E-state index in [9.17, 15) is 9.59 Å². The van der Waals surface area contributed by atoms with Crippen LogP contribution < -0.4 is 11.0 Å². The third kappa shape index (κ3) is 4.77. The number of thioether (sulfide) groups is 1. The summed E-state index contributed by atoms with van der Waals surface area (Å²) in [6.45, 7) is 0. The molecule has 186 valence electrons. The second-order valence-electron chi connectivity index (χ2n) is 8.67. The SMILES string of the molecule is O=C(CSc1nc(-c2ccccc2)c(-c2ccccc2)n1-c1ccccc1)Nc1ccc2[nH]c(=O)[nH]c2c1. The number of benzene rings is 4. The Morgan fingerprint density at radius 2 is 1.42 bits per heavy atom. The fourth-order valence-electron chi connectivity index (χ4n) is 4.41. The maximum absolute atomic E-state index is 13.0. The minimum atomic E-state index is -0.282. The molecule has 4 aromatic carbocycles. The molecule has 2 heterocycles. The second kappa shape index (κ2) is 10.3. The van der Waals surface area contributed by atoms with E-state index in [1.165, 1.54) is 11.8 Å². The van der Waals surface area contributed by atoms with Crippen molar-refractivity contribution < 1.29 is 4.79 Å². The minimum absolute atomic E-state index is 0.161. The Morgan fingerprint density at radius 1 is 0.789 bits per heavy atom. The van der Waals surface area contributed by atoms with Crippen LogP contribution in [0.25, 0.3) is 39.2 Å². The van der Waals surface area contributed by atoms with Gasteiger partial charge in [-0.2, -0.15) is 0 Å². The summed E-state index contributed by atoms with van der Waals surface area (Å²) in [6.07, 6.45) is 0. The van der Waals surface area contributed by atoms with E-state index >= 15 is 0 Å². The monoisotopic (exact) mass is 517 g/mol. The molecular formula is C30H23N5O2S. The molecule has 2 aromatic heterocycles. The zero-order chi connectivity index (χ0) is 25.9. The minimum Gasteiger partial charge on any atom is -0.325 e. The highest BCUT2D eigenvalue weighted by atomic mass is 32.2. The number of fused-ring (bicyclic) bond motifs is 1. The van der Waals surface area contributed by atoms with Crippen LogP contribution in [0.4, 0.5) is 5.69 Å². The molecule has 0 aliphatic carbocycles. The van der Waals surface area contributed by atoms with Crippen molar-refractivity contribution in [3.05, 3.63) is 120 Å². The summed E-state index contributed by atoms with van der Waals surface area (Å²) in [5, 5.41) is 3.64. The molecule has 0 aliphatic heterocycles. The number of carbonyl (C=O) groups is 1. The predicted octanol–water partition coefficient (Wildman–Crippen LogP) is 6.11. The van der Waals surface area contributed by atoms with E-state index < -0.39 is 0 Å². The van der Waals surface area contributed by atoms with Gasteiger partial charge >= 0.3 is 5.69 Å². The van der Waals surface area contributed by atoms with Crippen molar-refractivity contribution in [2.24, 2.45) is 0 Å². The summed E-state index contributed by atoms with van der Waals surface area (Å²) in [4.78, 5) is 35.0. The van der Waals surface area contributed by atoms with Crippen LogP contribution in [0.2, 0.25) is 0 Å². The van der Waals surface area contributed by atoms with Crippen LogP contribution in [0, 0.1) is 0 Å². The summed E-state index contributed by atoms with van der Waals surface area (Å²) in [5.41, 5.74) is 6.47. The van der Waals surface area contributed by atoms with Crippen molar-refractivity contribution in [3.8, 4) is 28.2 Å². The molecule has 0 radical (unpaired) electrons. The molecule has 0 bridgehead atoms. The number of rotatable bonds is 7. The van der Waals surface area contributed by atoms with E-state index in [2.05, 4.69) is 32.0 Å². The van der Waals surface area contributed by atoms with Crippen LogP contribution in [-0.2, 0) is 4.79 Å². The number of hydrogen-bond donors (Lipinski definition) is 3. The van der Waals surface area contributed by atoms with Crippen LogP contribution in [0.5, 0.6) is 0 Å². The number of para-hydroxylation sites is 1. The predicted molar refractivity (Wildman–Crippen MR) is 153 cm³/mol. The van der Waals surface area contributed by atoms with Gasteiger partial charge in [0.15, 0.2) is 5.16 Å². The Kier molecular flexibility index (Phi) is 6.37. The van der Waals surface area contributed by atoms with Crippen molar-refractivity contribution in [2.45, 2.75) is 5.16 Å². The van der Waals surface area contributed by atoms with Crippen molar-refractivity contribution >= 4 is 34.4 Å². The molecule has 0 atom stereocenters. The van der Waals surface area contributed by atoms with Crippen molar-refractivity contribution in [2.75, 3.05) is 11.1 Å². The van der Waals surface area contributed by atoms with Gasteiger partial charge in [-0.05, 0) is 30.3 Å². The number of nitrogens with one attached hydrogen (secondary N) is 3. The summed E-state index contributed by atoms with van der Waals surface area (Å²) in [5.74, 6) is -0.00839. The lowest BCUT2D eigenvalue weighted by molar-refractivity contribution is -0.113. The Hall–Kier alpha value is -4.82. The lowest BCUT2D eigenvalue weighted by Gasteiger charge is -2.13. The van der Waals surface area contributed by atoms with E-state index in [1.54, 1.807) is 18.2 Å². The van der Waals surface area contributed by atoms with E-state index in [0.29, 0.717) is 16.7 Å². The van der Waals surface area contributed by atoms with Gasteiger partial charge in [0.1, 0.15) is 0 Å². The number of H-pyrrole nitrogens is 2. The van der Waals surface area contributed by atoms with Crippen molar-refractivity contribution in [3.63, 3.8) is 0 Å². The molecule has 3 N–H and O–H groups in total. The molecule has 0 fully saturated rings. The lowest BCUT2D eigenvalue weighted by atomic mass is 10.0. The number of aromatic nitrogens is 4. The van der Waals surface area contributed by atoms with Crippen LogP contribution >= 0.6 is 11.8 Å². The molecule has 38 heavy (non-hydrogen) atoms. The highest BCUT2D eigenvalue weighted by Gasteiger charge is 2.22. The van der Waals surface area contributed by atoms with Gasteiger partial charge in [0.05, 0.1) is 28.2 Å². The topological polar surface area (TPSA) is 95.6 Å². The van der Waals surface area contributed by atoms with Gasteiger partial charge in [0, 0.05) is 22.5 Å². The maximum atomic E-state index is 13.0. The largest absolute Gasteiger partial charge is 0.325 e. The molecule has 1 amide bonds. The number of hydrogen-bond acceptors (Lipinski definition) is 4. The molecule has 0 spiro atoms. The number of nitrogens with zero attached hydrogens (tertiary/aromatic N) is 2. The van der Waals surface area contributed by atoms with Gasteiger partial charge in [-0.25, -0.2) is 9.78 Å². The average Bonchev–Trinajstić information content (AvgIpc) is 3.53. The van der Waals surface area contributed by atoms with E-state index in [4.69, 9.17) is 4.98 Å². The van der Waals surface area contributed by atoms with Crippen LogP contribution in [0.3, 0.4) is 0 Å². The fraction of sp³-hybridized carbons (Fsp3) is 0.0333. The highest BCUT2D eigenvalue weighted by molar-refractivity contribution is 7.99. The van der Waals surface area contributed by atoms with E-state index in [0.717, 1.165) is 33.4 Å². The standard InChI is InChI=1S/C30H23N5O2S/c36-26(31-22-16-17-24-25(18-22)33-29(37)32-24)19-38-30-34-27(20-10-4-1-5-11-20)28(21-12-6-2-7-13-21)35(30)23-14-8-3-9-15-23/h1-18H,19H2,(H,31,36)(H2,32,33,37). The Labute approximate surface area is 222 Å². The zero-order valence-electron chi connectivity index (χ0n) is 20.2. The van der Waals surface area contributed by atoms with E-state index in [-0.39, 0.29) is 17.3 Å². The number of amides is 1. The Bertz CT molecular complexity index is 1770. The number of anilines is 1. The summed E-state index contributed by atoms with van der Waals surface area (Å²) < 4.78 is 2.12. The fourth-order valence-corrected chi connectivity index (χ4v) is 5.22. The maximum Gasteiger partial charge on any atom is 0.323 e. The quantitative estimate of drug-likeness (QED) is 0.223. The van der Waals surface area contributed by atoms with Gasteiger partial charge < -0.3 is 15.3 Å². The third-order valence-electron chi connectivity index (χ3n) is 6.09. The molecule has 7 nitrogen and oxygen atoms in total. The van der Waals surface area contributed by atoms with Gasteiger partial charge in [0.25, 0.3) is 0 Å². The number of carbonyl (C=O) groups excluding carboxylic acids is 1. The molecule has 0 unspecified atom stereocenters. The molecule has 8 heteroatoms. The molecular weight excluding hydrogens is 494 g/mol. The number of imidazole rings is 2. The average molecular weight is 518 g/mol. The molecule has 0 saturated carbocycles. The van der Waals surface area contributed by atoms with Crippen LogP contribution in [-0.4, -0.2) is 31.2 Å². The van der Waals surface area contributed by atoms with Crippen molar-refractivity contribution in [1.29, 1.82) is 0 Å². The van der Waals surface area contributed by atoms with Crippen molar-refractivity contribution in [1.82, 2.24) is 19.5 Å². The first-order chi connectivity index (χ1) is 18.7. The first kappa shape index (κ1) is 23.6. The second-order valence-corrected chi connectivity index (χ2v) is 9.61. The molecule has 6 aromatic rings. The summed E-state index contributed by atoms with van der Waals surface area (Å²) in [6, 6.07) is 35.6. The summed E-state index contributed by atoms with van der Waals surface area (Å²) in [7, 11) is 0. The summed E-state index contributed by atoms with van der Waals surface area (Å²) >= 11 is 1.38. The first-order valence-corrected chi connectivity index (χ1v) is 13.1. The van der Waals surface area contributed by atoms with Gasteiger partial charge in [0.2, 0.25) is 5.91 Å². The zero-order valence-corrected chi connectivity index (χ0v) is 21.0. The van der Waals surface area contributed by atoms with Crippen LogP contribution in [0.1, 0.15) is 0 Å². The normalized spacial score (nSPS) is 11.1. The van der Waals surface area contributed by atoms with Gasteiger partial charge in [-0.1, -0.05) is 90.6 Å². The molecule has 0 aliphatic rings. The first-order valence-electron chi connectivity index (χ1n) is 12.1. The van der Waals surface area contributed by atoms with Crippen LogP contribution in [0.15, 0.2) is 119 Å².